The topological polar surface area (TPSA) is 66.5 Å². The number of nitrogens with zero attached hydrogens (tertiary/aromatic N) is 2. The van der Waals surface area contributed by atoms with E-state index in [4.69, 9.17) is 4.74 Å². The monoisotopic (exact) mass is 388 g/mol. The maximum atomic E-state index is 13.3. The Labute approximate surface area is 168 Å². The lowest BCUT2D eigenvalue weighted by Gasteiger charge is -2.31. The van der Waals surface area contributed by atoms with Crippen molar-refractivity contribution in [1.29, 1.82) is 0 Å². The van der Waals surface area contributed by atoms with Crippen molar-refractivity contribution in [3.8, 4) is 5.75 Å². The summed E-state index contributed by atoms with van der Waals surface area (Å²) in [6.45, 7) is 4.01. The Kier molecular flexibility index (Phi) is 4.21. The molecule has 29 heavy (non-hydrogen) atoms. The van der Waals surface area contributed by atoms with Gasteiger partial charge in [-0.3, -0.25) is 9.59 Å². The van der Waals surface area contributed by atoms with E-state index >= 15 is 0 Å². The number of amides is 2. The molecule has 2 aliphatic rings. The summed E-state index contributed by atoms with van der Waals surface area (Å²) >= 11 is 0. The van der Waals surface area contributed by atoms with Crippen LogP contribution in [-0.2, 0) is 0 Å². The average molecular weight is 388 g/mol. The third kappa shape index (κ3) is 2.76. The van der Waals surface area contributed by atoms with Crippen molar-refractivity contribution < 1.29 is 19.6 Å². The molecule has 0 radical (unpaired) electrons. The van der Waals surface area contributed by atoms with Gasteiger partial charge >= 0.3 is 0 Å². The lowest BCUT2D eigenvalue weighted by Crippen LogP contribution is -2.89. The lowest BCUT2D eigenvalue weighted by molar-refractivity contribution is -0.655. The molecule has 0 saturated carbocycles. The van der Waals surface area contributed by atoms with Crippen LogP contribution in [0.3, 0.4) is 0 Å². The lowest BCUT2D eigenvalue weighted by atomic mass is 9.92. The Bertz CT molecular complexity index is 1100. The third-order valence-electron chi connectivity index (χ3n) is 5.76. The van der Waals surface area contributed by atoms with Gasteiger partial charge in [-0.05, 0) is 42.5 Å². The smallest absolute Gasteiger partial charge is 0.265 e. The van der Waals surface area contributed by atoms with Crippen LogP contribution in [0.15, 0.2) is 54.6 Å². The average Bonchev–Trinajstić information content (AvgIpc) is 2.78. The highest BCUT2D eigenvalue weighted by Gasteiger charge is 2.35. The van der Waals surface area contributed by atoms with Gasteiger partial charge in [0.15, 0.2) is 0 Å². The van der Waals surface area contributed by atoms with E-state index in [1.54, 1.807) is 31.4 Å². The van der Waals surface area contributed by atoms with Crippen LogP contribution in [0.2, 0.25) is 0 Å². The molecule has 0 unspecified atom stereocenters. The molecule has 3 aromatic rings. The van der Waals surface area contributed by atoms with E-state index in [0.717, 1.165) is 42.6 Å². The highest BCUT2D eigenvalue weighted by molar-refractivity contribution is 6.36. The van der Waals surface area contributed by atoms with Gasteiger partial charge in [-0.1, -0.05) is 12.1 Å². The maximum Gasteiger partial charge on any atom is 0.265 e. The first kappa shape index (κ1) is 17.7. The van der Waals surface area contributed by atoms with E-state index in [1.165, 1.54) is 4.90 Å². The molecule has 2 N–H and O–H groups in total. The number of methoxy groups -OCH3 is 1. The van der Waals surface area contributed by atoms with Crippen molar-refractivity contribution in [3.63, 3.8) is 0 Å². The van der Waals surface area contributed by atoms with Crippen LogP contribution in [0.1, 0.15) is 20.7 Å². The van der Waals surface area contributed by atoms with Crippen molar-refractivity contribution in [2.45, 2.75) is 0 Å². The number of hydrogen-bond donors (Lipinski definition) is 1. The van der Waals surface area contributed by atoms with Crippen molar-refractivity contribution in [1.82, 2.24) is 0 Å². The number of ether oxygens (including phenoxy) is 1. The van der Waals surface area contributed by atoms with Gasteiger partial charge in [0, 0.05) is 27.6 Å². The van der Waals surface area contributed by atoms with Crippen LogP contribution < -0.4 is 19.9 Å². The van der Waals surface area contributed by atoms with Crippen molar-refractivity contribution in [3.05, 3.63) is 65.7 Å². The molecule has 146 valence electrons. The predicted octanol–water partition coefficient (Wildman–Crippen LogP) is 2.03. The molecular formula is C23H22N3O3+. The van der Waals surface area contributed by atoms with Crippen LogP contribution in [0.4, 0.5) is 11.4 Å². The second-order valence-electron chi connectivity index (χ2n) is 7.36. The molecule has 2 aliphatic heterocycles. The summed E-state index contributed by atoms with van der Waals surface area (Å²) in [4.78, 5) is 30.2. The molecule has 1 fully saturated rings. The molecule has 0 aromatic heterocycles. The second kappa shape index (κ2) is 6.90. The molecule has 3 aromatic carbocycles. The highest BCUT2D eigenvalue weighted by Crippen LogP contribution is 2.37. The number of carbonyl (C=O) groups is 2. The van der Waals surface area contributed by atoms with Crippen LogP contribution in [0.5, 0.6) is 5.75 Å². The number of rotatable bonds is 3. The summed E-state index contributed by atoms with van der Waals surface area (Å²) in [5, 5.41) is 4.04. The van der Waals surface area contributed by atoms with Gasteiger partial charge in [-0.15, -0.1) is 0 Å². The van der Waals surface area contributed by atoms with Crippen molar-refractivity contribution in [2.24, 2.45) is 0 Å². The van der Waals surface area contributed by atoms with E-state index in [1.807, 2.05) is 30.3 Å². The number of hydrogen-bond acceptors (Lipinski definition) is 4. The van der Waals surface area contributed by atoms with Crippen LogP contribution in [0.25, 0.3) is 10.8 Å². The summed E-state index contributed by atoms with van der Waals surface area (Å²) in [7, 11) is 1.58. The molecule has 2 amide bonds. The normalized spacial score (nSPS) is 16.4. The Morgan fingerprint density at radius 3 is 2.24 bits per heavy atom. The third-order valence-corrected chi connectivity index (χ3v) is 5.76. The Balaban J connectivity index is 1.64. The Morgan fingerprint density at radius 2 is 1.55 bits per heavy atom. The zero-order chi connectivity index (χ0) is 20.0. The summed E-state index contributed by atoms with van der Waals surface area (Å²) < 4.78 is 5.19. The summed E-state index contributed by atoms with van der Waals surface area (Å²) in [5.74, 6) is 0.0985. The number of benzene rings is 3. The minimum Gasteiger partial charge on any atom is -0.497 e. The van der Waals surface area contributed by atoms with E-state index in [9.17, 15) is 9.59 Å². The molecule has 1 saturated heterocycles. The SMILES string of the molecule is COc1ccc(N2C(=O)c3cccc4c(N5CC[NH2+]CC5)ccc(c34)C2=O)cc1. The van der Waals surface area contributed by atoms with Gasteiger partial charge in [-0.25, -0.2) is 4.90 Å². The quantitative estimate of drug-likeness (QED) is 0.698. The largest absolute Gasteiger partial charge is 0.497 e. The fourth-order valence-electron chi connectivity index (χ4n) is 4.31. The van der Waals surface area contributed by atoms with E-state index < -0.39 is 0 Å². The van der Waals surface area contributed by atoms with Crippen LogP contribution in [-0.4, -0.2) is 45.1 Å². The first-order valence-corrected chi connectivity index (χ1v) is 9.84. The van der Waals surface area contributed by atoms with E-state index in [-0.39, 0.29) is 11.8 Å². The van der Waals surface area contributed by atoms with Gasteiger partial charge in [0.1, 0.15) is 5.75 Å². The fraction of sp³-hybridized carbons (Fsp3) is 0.217. The molecule has 6 heteroatoms. The minimum absolute atomic E-state index is 0.289. The molecule has 0 spiro atoms. The molecule has 0 bridgehead atoms. The van der Waals surface area contributed by atoms with Crippen LogP contribution in [0, 0.1) is 0 Å². The molecule has 2 heterocycles. The highest BCUT2D eigenvalue weighted by atomic mass is 16.5. The first-order chi connectivity index (χ1) is 14.2. The van der Waals surface area contributed by atoms with Gasteiger partial charge in [0.05, 0.1) is 39.0 Å². The standard InChI is InChI=1S/C23H21N3O3/c1-29-16-7-5-15(6-8-16)26-22(27)18-4-2-3-17-20(25-13-11-24-12-14-25)10-9-19(21(17)18)23(26)28/h2-10,24H,11-14H2,1H3/p+1. The van der Waals surface area contributed by atoms with E-state index in [0.29, 0.717) is 22.6 Å². The molecule has 0 aliphatic carbocycles. The predicted molar refractivity (Wildman–Crippen MR) is 112 cm³/mol. The van der Waals surface area contributed by atoms with Crippen LogP contribution >= 0.6 is 0 Å². The second-order valence-corrected chi connectivity index (χ2v) is 7.36. The van der Waals surface area contributed by atoms with Crippen molar-refractivity contribution >= 4 is 34.0 Å². The number of imide groups is 1. The molecule has 5 rings (SSSR count). The molecular weight excluding hydrogens is 366 g/mol. The fourth-order valence-corrected chi connectivity index (χ4v) is 4.31. The number of anilines is 2. The maximum absolute atomic E-state index is 13.3. The van der Waals surface area contributed by atoms with Gasteiger partial charge in [-0.2, -0.15) is 0 Å². The number of carbonyl (C=O) groups excluding carboxylic acids is 2. The molecule has 0 atom stereocenters. The number of piperazine rings is 1. The summed E-state index contributed by atoms with van der Waals surface area (Å²) in [5.41, 5.74) is 2.77. The summed E-state index contributed by atoms with van der Waals surface area (Å²) in [6.07, 6.45) is 0. The van der Waals surface area contributed by atoms with Gasteiger partial charge in [0.2, 0.25) is 0 Å². The number of nitrogens with two attached hydrogens (primary N) is 1. The number of quaternary nitrogens is 1. The Hall–Kier alpha value is -3.38. The summed E-state index contributed by atoms with van der Waals surface area (Å²) in [6, 6.07) is 16.6. The van der Waals surface area contributed by atoms with Crippen molar-refractivity contribution in [2.75, 3.05) is 43.1 Å². The first-order valence-electron chi connectivity index (χ1n) is 9.84. The van der Waals surface area contributed by atoms with Gasteiger partial charge < -0.3 is 15.0 Å². The van der Waals surface area contributed by atoms with Gasteiger partial charge in [0.25, 0.3) is 11.8 Å². The zero-order valence-corrected chi connectivity index (χ0v) is 16.2. The Morgan fingerprint density at radius 1 is 0.862 bits per heavy atom. The zero-order valence-electron chi connectivity index (χ0n) is 16.2. The minimum atomic E-state index is -0.289. The molecule has 6 nitrogen and oxygen atoms in total. The van der Waals surface area contributed by atoms with E-state index in [2.05, 4.69) is 10.2 Å².